The highest BCUT2D eigenvalue weighted by Gasteiger charge is 2.35. The second-order valence-electron chi connectivity index (χ2n) is 6.52. The van der Waals surface area contributed by atoms with E-state index < -0.39 is 0 Å². The summed E-state index contributed by atoms with van der Waals surface area (Å²) in [6, 6.07) is 0. The first-order chi connectivity index (χ1) is 11.3. The zero-order valence-electron chi connectivity index (χ0n) is 14.1. The SMILES string of the molecule is COC1CCC(OC2CCCCO2)C(COC2CCCCO2)O1. The molecule has 0 radical (unpaired) electrons. The molecule has 0 spiro atoms. The average Bonchev–Trinajstić information content (AvgIpc) is 2.62. The second-order valence-corrected chi connectivity index (χ2v) is 6.52. The summed E-state index contributed by atoms with van der Waals surface area (Å²) in [4.78, 5) is 0. The smallest absolute Gasteiger partial charge is 0.158 e. The van der Waals surface area contributed by atoms with Gasteiger partial charge >= 0.3 is 0 Å². The Morgan fingerprint density at radius 3 is 2.22 bits per heavy atom. The van der Waals surface area contributed by atoms with Gasteiger partial charge in [-0.2, -0.15) is 0 Å². The highest BCUT2D eigenvalue weighted by atomic mass is 16.7. The molecule has 134 valence electrons. The first kappa shape index (κ1) is 17.6. The fourth-order valence-electron chi connectivity index (χ4n) is 3.37. The Hall–Kier alpha value is -0.240. The molecule has 0 amide bonds. The summed E-state index contributed by atoms with van der Waals surface area (Å²) in [7, 11) is 1.68. The van der Waals surface area contributed by atoms with Gasteiger partial charge in [0.2, 0.25) is 0 Å². The first-order valence-electron chi connectivity index (χ1n) is 9.03. The fourth-order valence-corrected chi connectivity index (χ4v) is 3.37. The summed E-state index contributed by atoms with van der Waals surface area (Å²) in [6.45, 7) is 2.05. The molecule has 0 aliphatic carbocycles. The maximum atomic E-state index is 6.15. The molecule has 3 heterocycles. The fraction of sp³-hybridized carbons (Fsp3) is 1.00. The van der Waals surface area contributed by atoms with Crippen LogP contribution >= 0.6 is 0 Å². The maximum Gasteiger partial charge on any atom is 0.158 e. The van der Waals surface area contributed by atoms with Gasteiger partial charge in [0.05, 0.1) is 12.7 Å². The van der Waals surface area contributed by atoms with Crippen LogP contribution in [0.5, 0.6) is 0 Å². The monoisotopic (exact) mass is 330 g/mol. The van der Waals surface area contributed by atoms with Crippen LogP contribution in [-0.4, -0.2) is 58.0 Å². The summed E-state index contributed by atoms with van der Waals surface area (Å²) in [5, 5.41) is 0. The lowest BCUT2D eigenvalue weighted by Crippen LogP contribution is -2.46. The topological polar surface area (TPSA) is 55.4 Å². The lowest BCUT2D eigenvalue weighted by atomic mass is 10.0. The molecule has 0 aromatic heterocycles. The molecule has 3 rings (SSSR count). The molecule has 3 aliphatic rings. The van der Waals surface area contributed by atoms with Crippen LogP contribution in [0.1, 0.15) is 51.4 Å². The van der Waals surface area contributed by atoms with Crippen LogP contribution in [-0.2, 0) is 28.4 Å². The van der Waals surface area contributed by atoms with E-state index in [1.165, 1.54) is 0 Å². The van der Waals surface area contributed by atoms with Crippen LogP contribution in [0.15, 0.2) is 0 Å². The van der Waals surface area contributed by atoms with Crippen molar-refractivity contribution in [3.05, 3.63) is 0 Å². The van der Waals surface area contributed by atoms with Crippen molar-refractivity contribution in [2.24, 2.45) is 0 Å². The molecular formula is C17H30O6. The molecule has 0 aromatic rings. The predicted molar refractivity (Wildman–Crippen MR) is 82.9 cm³/mol. The molecule has 5 atom stereocenters. The lowest BCUT2D eigenvalue weighted by Gasteiger charge is -2.38. The van der Waals surface area contributed by atoms with Gasteiger partial charge < -0.3 is 28.4 Å². The molecule has 3 fully saturated rings. The molecule has 0 saturated carbocycles. The molecule has 6 nitrogen and oxygen atoms in total. The van der Waals surface area contributed by atoms with Gasteiger partial charge in [-0.05, 0) is 44.9 Å². The second kappa shape index (κ2) is 9.30. The van der Waals surface area contributed by atoms with Gasteiger partial charge in [0, 0.05) is 26.7 Å². The van der Waals surface area contributed by atoms with Gasteiger partial charge in [-0.25, -0.2) is 0 Å². The summed E-state index contributed by atoms with van der Waals surface area (Å²) in [5.74, 6) is 0. The molecular weight excluding hydrogens is 300 g/mol. The van der Waals surface area contributed by atoms with Crippen LogP contribution in [0.2, 0.25) is 0 Å². The van der Waals surface area contributed by atoms with Crippen molar-refractivity contribution >= 4 is 0 Å². The quantitative estimate of drug-likeness (QED) is 0.746. The van der Waals surface area contributed by atoms with E-state index in [0.29, 0.717) is 6.61 Å². The average molecular weight is 330 g/mol. The van der Waals surface area contributed by atoms with Crippen molar-refractivity contribution in [3.63, 3.8) is 0 Å². The van der Waals surface area contributed by atoms with Crippen molar-refractivity contribution in [1.29, 1.82) is 0 Å². The lowest BCUT2D eigenvalue weighted by molar-refractivity contribution is -0.280. The van der Waals surface area contributed by atoms with E-state index >= 15 is 0 Å². The number of methoxy groups -OCH3 is 1. The third-order valence-electron chi connectivity index (χ3n) is 4.74. The summed E-state index contributed by atoms with van der Waals surface area (Å²) in [5.41, 5.74) is 0. The van der Waals surface area contributed by atoms with Gasteiger partial charge in [-0.3, -0.25) is 0 Å². The van der Waals surface area contributed by atoms with Gasteiger partial charge in [0.15, 0.2) is 18.9 Å². The van der Waals surface area contributed by atoms with E-state index in [1.54, 1.807) is 7.11 Å². The van der Waals surface area contributed by atoms with E-state index in [4.69, 9.17) is 28.4 Å². The van der Waals surface area contributed by atoms with Gasteiger partial charge in [-0.15, -0.1) is 0 Å². The molecule has 0 N–H and O–H groups in total. The van der Waals surface area contributed by atoms with Crippen molar-refractivity contribution in [2.45, 2.75) is 82.4 Å². The third-order valence-corrected chi connectivity index (χ3v) is 4.74. The van der Waals surface area contributed by atoms with Crippen molar-refractivity contribution in [2.75, 3.05) is 26.9 Å². The Kier molecular flexibility index (Phi) is 7.11. The molecule has 6 heteroatoms. The summed E-state index contributed by atoms with van der Waals surface area (Å²) >= 11 is 0. The number of hydrogen-bond acceptors (Lipinski definition) is 6. The molecule has 5 unspecified atom stereocenters. The third kappa shape index (κ3) is 5.37. The Morgan fingerprint density at radius 1 is 0.826 bits per heavy atom. The number of rotatable bonds is 6. The van der Waals surface area contributed by atoms with Crippen LogP contribution in [0, 0.1) is 0 Å². The van der Waals surface area contributed by atoms with E-state index in [2.05, 4.69) is 0 Å². The van der Waals surface area contributed by atoms with E-state index in [0.717, 1.165) is 64.6 Å². The predicted octanol–water partition coefficient (Wildman–Crippen LogP) is 2.59. The standard InChI is InChI=1S/C17H30O6/c1-18-15-9-8-13(22-17-7-3-5-11-20-17)14(23-15)12-21-16-6-2-4-10-19-16/h13-17H,2-12H2,1H3. The van der Waals surface area contributed by atoms with E-state index in [-0.39, 0.29) is 31.1 Å². The van der Waals surface area contributed by atoms with Gasteiger partial charge in [0.25, 0.3) is 0 Å². The molecule has 23 heavy (non-hydrogen) atoms. The molecule has 0 bridgehead atoms. The Labute approximate surface area is 138 Å². The zero-order chi connectivity index (χ0) is 15.9. The van der Waals surface area contributed by atoms with Crippen molar-refractivity contribution in [1.82, 2.24) is 0 Å². The minimum Gasteiger partial charge on any atom is -0.356 e. The first-order valence-corrected chi connectivity index (χ1v) is 9.03. The normalized spacial score (nSPS) is 39.3. The summed E-state index contributed by atoms with van der Waals surface area (Å²) < 4.78 is 34.8. The summed E-state index contributed by atoms with van der Waals surface area (Å²) in [6.07, 6.45) is 7.69. The number of ether oxygens (including phenoxy) is 6. The molecule has 0 aromatic carbocycles. The Balaban J connectivity index is 1.50. The number of hydrogen-bond donors (Lipinski definition) is 0. The highest BCUT2D eigenvalue weighted by Crippen LogP contribution is 2.27. The van der Waals surface area contributed by atoms with Crippen LogP contribution in [0.4, 0.5) is 0 Å². The highest BCUT2D eigenvalue weighted by molar-refractivity contribution is 4.78. The zero-order valence-corrected chi connectivity index (χ0v) is 14.1. The van der Waals surface area contributed by atoms with Crippen LogP contribution < -0.4 is 0 Å². The minimum absolute atomic E-state index is 0.00640. The van der Waals surface area contributed by atoms with Crippen molar-refractivity contribution in [3.8, 4) is 0 Å². The minimum atomic E-state index is -0.178. The van der Waals surface area contributed by atoms with Crippen molar-refractivity contribution < 1.29 is 28.4 Å². The largest absolute Gasteiger partial charge is 0.356 e. The van der Waals surface area contributed by atoms with Gasteiger partial charge in [0.1, 0.15) is 6.10 Å². The van der Waals surface area contributed by atoms with Gasteiger partial charge in [-0.1, -0.05) is 0 Å². The van der Waals surface area contributed by atoms with Crippen LogP contribution in [0.25, 0.3) is 0 Å². The van der Waals surface area contributed by atoms with Crippen LogP contribution in [0.3, 0.4) is 0 Å². The molecule has 3 saturated heterocycles. The Bertz CT molecular complexity index is 327. The molecule has 3 aliphatic heterocycles. The van der Waals surface area contributed by atoms with E-state index in [1.807, 2.05) is 0 Å². The maximum absolute atomic E-state index is 6.15. The Morgan fingerprint density at radius 2 is 1.57 bits per heavy atom. The van der Waals surface area contributed by atoms with E-state index in [9.17, 15) is 0 Å².